The van der Waals surface area contributed by atoms with E-state index in [4.69, 9.17) is 20.8 Å². The van der Waals surface area contributed by atoms with Crippen molar-refractivity contribution in [1.82, 2.24) is 0 Å². The molecular formula is C19H17ClO4. The summed E-state index contributed by atoms with van der Waals surface area (Å²) in [5, 5.41) is 11.0. The molecule has 5 heteroatoms. The van der Waals surface area contributed by atoms with Crippen molar-refractivity contribution in [1.29, 1.82) is 0 Å². The van der Waals surface area contributed by atoms with Crippen LogP contribution in [-0.4, -0.2) is 24.3 Å². The minimum Gasteiger partial charge on any atom is -0.452 e. The van der Waals surface area contributed by atoms with Gasteiger partial charge in [0, 0.05) is 35.1 Å². The molecule has 124 valence electrons. The molecule has 1 heterocycles. The number of ketones is 1. The fraction of sp³-hybridized carbons (Fsp3) is 0.211. The third-order valence-electron chi connectivity index (χ3n) is 3.91. The maximum atomic E-state index is 12.8. The van der Waals surface area contributed by atoms with Crippen LogP contribution < -0.4 is 0 Å². The summed E-state index contributed by atoms with van der Waals surface area (Å²) in [7, 11) is 1.44. The smallest absolute Gasteiger partial charge is 0.228 e. The van der Waals surface area contributed by atoms with Gasteiger partial charge in [-0.25, -0.2) is 0 Å². The minimum absolute atomic E-state index is 0.190. The lowest BCUT2D eigenvalue weighted by molar-refractivity contribution is -0.0777. The van der Waals surface area contributed by atoms with E-state index in [1.54, 1.807) is 42.5 Å². The Morgan fingerprint density at radius 2 is 2.00 bits per heavy atom. The van der Waals surface area contributed by atoms with Crippen LogP contribution in [0, 0.1) is 0 Å². The molecule has 1 N–H and O–H groups in total. The molecule has 24 heavy (non-hydrogen) atoms. The molecule has 4 nitrogen and oxygen atoms in total. The normalized spacial score (nSPS) is 12.5. The molecular weight excluding hydrogens is 328 g/mol. The maximum Gasteiger partial charge on any atom is 0.228 e. The van der Waals surface area contributed by atoms with Gasteiger partial charge < -0.3 is 14.3 Å². The summed E-state index contributed by atoms with van der Waals surface area (Å²) in [5.74, 6) is 0.0894. The summed E-state index contributed by atoms with van der Waals surface area (Å²) in [6.07, 6.45) is -0.100. The number of benzene rings is 2. The monoisotopic (exact) mass is 344 g/mol. The van der Waals surface area contributed by atoms with E-state index < -0.39 is 6.29 Å². The second-order valence-electron chi connectivity index (χ2n) is 5.47. The van der Waals surface area contributed by atoms with Crippen LogP contribution in [0.1, 0.15) is 28.1 Å². The highest BCUT2D eigenvalue weighted by molar-refractivity contribution is 6.31. The Bertz CT molecular complexity index is 854. The van der Waals surface area contributed by atoms with Crippen molar-refractivity contribution in [2.24, 2.45) is 0 Å². The third kappa shape index (κ3) is 3.36. The van der Waals surface area contributed by atoms with Crippen molar-refractivity contribution in [3.63, 3.8) is 0 Å². The highest BCUT2D eigenvalue weighted by Crippen LogP contribution is 2.31. The number of furan rings is 1. The van der Waals surface area contributed by atoms with E-state index >= 15 is 0 Å². The molecule has 1 aromatic heterocycles. The molecule has 0 saturated carbocycles. The number of fused-ring (bicyclic) bond motifs is 1. The number of rotatable bonds is 6. The second kappa shape index (κ2) is 7.18. The summed E-state index contributed by atoms with van der Waals surface area (Å²) >= 11 is 6.09. The van der Waals surface area contributed by atoms with Gasteiger partial charge in [-0.1, -0.05) is 41.9 Å². The minimum atomic E-state index is -0.895. The summed E-state index contributed by atoms with van der Waals surface area (Å²) in [6, 6.07) is 14.2. The lowest BCUT2D eigenvalue weighted by Gasteiger charge is -2.08. The van der Waals surface area contributed by atoms with Crippen molar-refractivity contribution in [2.75, 3.05) is 7.11 Å². The zero-order valence-electron chi connectivity index (χ0n) is 13.2. The Kier molecular flexibility index (Phi) is 5.00. The quantitative estimate of drug-likeness (QED) is 0.537. The first-order valence-electron chi connectivity index (χ1n) is 7.61. The topological polar surface area (TPSA) is 59.7 Å². The summed E-state index contributed by atoms with van der Waals surface area (Å²) in [6.45, 7) is 0. The van der Waals surface area contributed by atoms with Gasteiger partial charge in [-0.05, 0) is 24.6 Å². The number of carbonyl (C=O) groups excluding carboxylic acids is 1. The predicted molar refractivity (Wildman–Crippen MR) is 92.4 cm³/mol. The SMILES string of the molecule is COC(O)CCc1c(C(=O)c2ccccc2)oc2ccc(Cl)cc12. The lowest BCUT2D eigenvalue weighted by Crippen LogP contribution is -2.11. The number of hydrogen-bond acceptors (Lipinski definition) is 4. The third-order valence-corrected chi connectivity index (χ3v) is 4.14. The molecule has 0 bridgehead atoms. The molecule has 0 radical (unpaired) electrons. The van der Waals surface area contributed by atoms with Gasteiger partial charge in [0.2, 0.25) is 5.78 Å². The summed E-state index contributed by atoms with van der Waals surface area (Å²) in [5.41, 5.74) is 1.88. The van der Waals surface area contributed by atoms with Crippen molar-refractivity contribution in [3.05, 3.63) is 70.4 Å². The molecule has 0 spiro atoms. The summed E-state index contributed by atoms with van der Waals surface area (Å²) < 4.78 is 10.7. The van der Waals surface area contributed by atoms with E-state index in [1.165, 1.54) is 7.11 Å². The van der Waals surface area contributed by atoms with Crippen LogP contribution in [-0.2, 0) is 11.2 Å². The van der Waals surface area contributed by atoms with Gasteiger partial charge in [-0.15, -0.1) is 0 Å². The van der Waals surface area contributed by atoms with Gasteiger partial charge in [-0.3, -0.25) is 4.79 Å². The molecule has 0 amide bonds. The van der Waals surface area contributed by atoms with E-state index in [2.05, 4.69) is 0 Å². The highest BCUT2D eigenvalue weighted by Gasteiger charge is 2.22. The van der Waals surface area contributed by atoms with E-state index in [-0.39, 0.29) is 11.5 Å². The number of aliphatic hydroxyl groups excluding tert-OH is 1. The van der Waals surface area contributed by atoms with Gasteiger partial charge in [0.25, 0.3) is 0 Å². The fourth-order valence-corrected chi connectivity index (χ4v) is 2.83. The molecule has 0 saturated heterocycles. The highest BCUT2D eigenvalue weighted by atomic mass is 35.5. The van der Waals surface area contributed by atoms with E-state index in [1.807, 2.05) is 6.07 Å². The van der Waals surface area contributed by atoms with Crippen molar-refractivity contribution < 1.29 is 19.1 Å². The largest absolute Gasteiger partial charge is 0.452 e. The molecule has 1 unspecified atom stereocenters. The molecule has 2 aromatic carbocycles. The summed E-state index contributed by atoms with van der Waals surface area (Å²) in [4.78, 5) is 12.8. The number of carbonyl (C=O) groups is 1. The predicted octanol–water partition coefficient (Wildman–Crippen LogP) is 4.21. The van der Waals surface area contributed by atoms with Crippen LogP contribution >= 0.6 is 11.6 Å². The standard InChI is InChI=1S/C19H17ClO4/c1-23-17(21)10-8-14-15-11-13(20)7-9-16(15)24-19(14)18(22)12-5-3-2-4-6-12/h2-7,9,11,17,21H,8,10H2,1H3. The van der Waals surface area contributed by atoms with Crippen LogP contribution in [0.15, 0.2) is 52.9 Å². The van der Waals surface area contributed by atoms with Gasteiger partial charge in [0.1, 0.15) is 5.58 Å². The number of aryl methyl sites for hydroxylation is 1. The first-order chi connectivity index (χ1) is 11.6. The average molecular weight is 345 g/mol. The van der Waals surface area contributed by atoms with Crippen LogP contribution in [0.2, 0.25) is 5.02 Å². The molecule has 0 aliphatic heterocycles. The number of halogens is 1. The zero-order valence-corrected chi connectivity index (χ0v) is 13.9. The lowest BCUT2D eigenvalue weighted by atomic mass is 10.0. The Balaban J connectivity index is 2.07. The van der Waals surface area contributed by atoms with Crippen LogP contribution in [0.4, 0.5) is 0 Å². The Hall–Kier alpha value is -2.14. The van der Waals surface area contributed by atoms with Crippen LogP contribution in [0.3, 0.4) is 0 Å². The molecule has 3 aromatic rings. The van der Waals surface area contributed by atoms with E-state index in [9.17, 15) is 9.90 Å². The second-order valence-corrected chi connectivity index (χ2v) is 5.91. The molecule has 0 aliphatic carbocycles. The van der Waals surface area contributed by atoms with Gasteiger partial charge >= 0.3 is 0 Å². The van der Waals surface area contributed by atoms with Crippen molar-refractivity contribution >= 4 is 28.4 Å². The number of ether oxygens (including phenoxy) is 1. The first-order valence-corrected chi connectivity index (χ1v) is 7.99. The first kappa shape index (κ1) is 16.7. The van der Waals surface area contributed by atoms with Gasteiger partial charge in [0.05, 0.1) is 0 Å². The molecule has 3 rings (SSSR count). The number of methoxy groups -OCH3 is 1. The molecule has 1 atom stereocenters. The van der Waals surface area contributed by atoms with Gasteiger partial charge in [-0.2, -0.15) is 0 Å². The molecule has 0 aliphatic rings. The Morgan fingerprint density at radius 3 is 2.71 bits per heavy atom. The van der Waals surface area contributed by atoms with Gasteiger partial charge in [0.15, 0.2) is 12.1 Å². The van der Waals surface area contributed by atoms with Crippen molar-refractivity contribution in [3.8, 4) is 0 Å². The van der Waals surface area contributed by atoms with Crippen LogP contribution in [0.5, 0.6) is 0 Å². The zero-order chi connectivity index (χ0) is 17.1. The fourth-order valence-electron chi connectivity index (χ4n) is 2.66. The Morgan fingerprint density at radius 1 is 1.25 bits per heavy atom. The number of hydrogen-bond donors (Lipinski definition) is 1. The van der Waals surface area contributed by atoms with E-state index in [0.717, 1.165) is 10.9 Å². The molecule has 0 fully saturated rings. The number of aliphatic hydroxyl groups is 1. The average Bonchev–Trinajstić information content (AvgIpc) is 2.97. The maximum absolute atomic E-state index is 12.8. The van der Waals surface area contributed by atoms with Crippen molar-refractivity contribution in [2.45, 2.75) is 19.1 Å². The van der Waals surface area contributed by atoms with Crippen LogP contribution in [0.25, 0.3) is 11.0 Å². The Labute approximate surface area is 144 Å². The van der Waals surface area contributed by atoms with E-state index in [0.29, 0.717) is 29.0 Å².